The first kappa shape index (κ1) is 26.3. The summed E-state index contributed by atoms with van der Waals surface area (Å²) in [5.41, 5.74) is 3.02. The Bertz CT molecular complexity index is 1160. The Morgan fingerprint density at radius 1 is 0.889 bits per heavy atom. The number of aryl methyl sites for hydroxylation is 1. The fourth-order valence-corrected chi connectivity index (χ4v) is 3.25. The molecule has 0 saturated carbocycles. The highest BCUT2D eigenvalue weighted by Gasteiger charge is 2.09. The molecule has 0 unspecified atom stereocenters. The molecule has 3 aromatic rings. The number of nitrogens with one attached hydrogen (secondary N) is 2. The molecule has 3 aromatic carbocycles. The third-order valence-corrected chi connectivity index (χ3v) is 5.18. The van der Waals surface area contributed by atoms with Gasteiger partial charge in [0.2, 0.25) is 5.91 Å². The van der Waals surface area contributed by atoms with E-state index in [1.807, 2.05) is 43.3 Å². The van der Waals surface area contributed by atoms with Crippen LogP contribution in [0, 0.1) is 6.92 Å². The molecule has 0 aromatic heterocycles. The average molecular weight is 491 g/mol. The molecule has 0 aliphatic heterocycles. The maximum Gasteiger partial charge on any atom is 0.513 e. The quantitative estimate of drug-likeness (QED) is 0.216. The van der Waals surface area contributed by atoms with Crippen LogP contribution in [-0.4, -0.2) is 31.2 Å². The Kier molecular flexibility index (Phi) is 9.88. The topological polar surface area (TPSA) is 103 Å². The lowest BCUT2D eigenvalue weighted by atomic mass is 10.1. The van der Waals surface area contributed by atoms with E-state index in [4.69, 9.17) is 14.2 Å². The van der Waals surface area contributed by atoms with Crippen molar-refractivity contribution < 1.29 is 28.6 Å². The van der Waals surface area contributed by atoms with Gasteiger partial charge in [-0.15, -0.1) is 0 Å². The maximum atomic E-state index is 12.5. The van der Waals surface area contributed by atoms with Crippen molar-refractivity contribution in [1.29, 1.82) is 0 Å². The molecule has 0 bridgehead atoms. The van der Waals surface area contributed by atoms with Gasteiger partial charge in [0.05, 0.1) is 13.2 Å². The summed E-state index contributed by atoms with van der Waals surface area (Å²) in [5.74, 6) is 0.781. The molecule has 0 aliphatic carbocycles. The van der Waals surface area contributed by atoms with Crippen molar-refractivity contribution in [3.63, 3.8) is 0 Å². The minimum atomic E-state index is -0.793. The van der Waals surface area contributed by atoms with Gasteiger partial charge in [-0.05, 0) is 73.9 Å². The van der Waals surface area contributed by atoms with E-state index in [2.05, 4.69) is 10.6 Å². The van der Waals surface area contributed by atoms with Crippen molar-refractivity contribution in [1.82, 2.24) is 5.32 Å². The molecule has 0 heterocycles. The second-order valence-corrected chi connectivity index (χ2v) is 7.95. The van der Waals surface area contributed by atoms with Crippen LogP contribution in [0.25, 0.3) is 0 Å². The van der Waals surface area contributed by atoms with E-state index >= 15 is 0 Å². The molecular formula is C28H30N2O6. The maximum absolute atomic E-state index is 12.5. The first-order valence-electron chi connectivity index (χ1n) is 11.7. The Morgan fingerprint density at radius 3 is 2.31 bits per heavy atom. The molecule has 2 N–H and O–H groups in total. The fourth-order valence-electron chi connectivity index (χ4n) is 3.25. The molecule has 0 atom stereocenters. The van der Waals surface area contributed by atoms with Crippen LogP contribution in [0.2, 0.25) is 0 Å². The van der Waals surface area contributed by atoms with Gasteiger partial charge in [0, 0.05) is 24.2 Å². The van der Waals surface area contributed by atoms with Crippen molar-refractivity contribution in [3.05, 3.63) is 89.5 Å². The number of ether oxygens (including phenoxy) is 3. The molecule has 8 heteroatoms. The Hall–Kier alpha value is -4.33. The number of rotatable bonds is 11. The highest BCUT2D eigenvalue weighted by Crippen LogP contribution is 2.17. The molecule has 0 radical (unpaired) electrons. The Morgan fingerprint density at radius 2 is 1.61 bits per heavy atom. The van der Waals surface area contributed by atoms with Gasteiger partial charge in [0.25, 0.3) is 5.91 Å². The van der Waals surface area contributed by atoms with Crippen LogP contribution in [0.1, 0.15) is 41.3 Å². The number of amides is 2. The molecule has 0 fully saturated rings. The van der Waals surface area contributed by atoms with E-state index in [0.717, 1.165) is 16.9 Å². The molecule has 36 heavy (non-hydrogen) atoms. The zero-order chi connectivity index (χ0) is 25.8. The first-order valence-corrected chi connectivity index (χ1v) is 11.7. The zero-order valence-electron chi connectivity index (χ0n) is 20.4. The fraction of sp³-hybridized carbons (Fsp3) is 0.250. The van der Waals surface area contributed by atoms with Crippen LogP contribution in [0.3, 0.4) is 0 Å². The minimum absolute atomic E-state index is 0.0452. The van der Waals surface area contributed by atoms with E-state index in [9.17, 15) is 14.4 Å². The third-order valence-electron chi connectivity index (χ3n) is 5.18. The van der Waals surface area contributed by atoms with Crippen LogP contribution in [0.4, 0.5) is 10.5 Å². The van der Waals surface area contributed by atoms with Crippen LogP contribution in [0.15, 0.2) is 72.8 Å². The Balaban J connectivity index is 1.38. The molecule has 3 rings (SSSR count). The lowest BCUT2D eigenvalue weighted by Crippen LogP contribution is -2.23. The molecule has 0 spiro atoms. The van der Waals surface area contributed by atoms with Crippen molar-refractivity contribution in [3.8, 4) is 11.5 Å². The average Bonchev–Trinajstić information content (AvgIpc) is 2.87. The molecule has 8 nitrogen and oxygen atoms in total. The summed E-state index contributed by atoms with van der Waals surface area (Å²) < 4.78 is 15.4. The monoisotopic (exact) mass is 490 g/mol. The normalized spacial score (nSPS) is 10.3. The Labute approximate surface area is 210 Å². The van der Waals surface area contributed by atoms with Crippen molar-refractivity contribution in [2.75, 3.05) is 18.5 Å². The van der Waals surface area contributed by atoms with Gasteiger partial charge in [0.1, 0.15) is 11.5 Å². The second kappa shape index (κ2) is 13.5. The summed E-state index contributed by atoms with van der Waals surface area (Å²) in [6.45, 7) is 4.76. The highest BCUT2D eigenvalue weighted by molar-refractivity contribution is 6.04. The molecular weight excluding hydrogens is 460 g/mol. The summed E-state index contributed by atoms with van der Waals surface area (Å²) in [5, 5.41) is 5.71. The van der Waals surface area contributed by atoms with Crippen LogP contribution in [-0.2, 0) is 16.1 Å². The van der Waals surface area contributed by atoms with Gasteiger partial charge in [-0.1, -0.05) is 30.3 Å². The highest BCUT2D eigenvalue weighted by atomic mass is 16.7. The second-order valence-electron chi connectivity index (χ2n) is 7.95. The number of hydrogen-bond acceptors (Lipinski definition) is 6. The largest absolute Gasteiger partial charge is 0.513 e. The van der Waals surface area contributed by atoms with Gasteiger partial charge < -0.3 is 24.8 Å². The van der Waals surface area contributed by atoms with Crippen LogP contribution in [0.5, 0.6) is 11.5 Å². The summed E-state index contributed by atoms with van der Waals surface area (Å²) in [6.07, 6.45) is 0.211. The van der Waals surface area contributed by atoms with E-state index in [1.165, 1.54) is 12.1 Å². The van der Waals surface area contributed by atoms with E-state index in [0.29, 0.717) is 37.2 Å². The third kappa shape index (κ3) is 8.47. The molecule has 2 amide bonds. The number of carbonyl (C=O) groups is 3. The summed E-state index contributed by atoms with van der Waals surface area (Å²) in [7, 11) is 0. The standard InChI is InChI=1S/C28H30N2O6/c1-3-34-28(33)36-24-16-12-22(13-17-24)27(32)30-23-14-10-21(11-15-23)19-29-26(31)9-6-18-35-25-8-5-4-7-20(25)2/h4-5,7-8,10-17H,3,6,9,18-19H2,1-2H3,(H,29,31)(H,30,32). The van der Waals surface area contributed by atoms with Crippen molar-refractivity contribution in [2.24, 2.45) is 0 Å². The molecule has 188 valence electrons. The van der Waals surface area contributed by atoms with E-state index in [-0.39, 0.29) is 24.2 Å². The van der Waals surface area contributed by atoms with Crippen LogP contribution >= 0.6 is 0 Å². The number of hydrogen-bond donors (Lipinski definition) is 2. The van der Waals surface area contributed by atoms with Crippen molar-refractivity contribution >= 4 is 23.7 Å². The SMILES string of the molecule is CCOC(=O)Oc1ccc(C(=O)Nc2ccc(CNC(=O)CCCOc3ccccc3C)cc2)cc1. The zero-order valence-corrected chi connectivity index (χ0v) is 20.4. The number of benzene rings is 3. The minimum Gasteiger partial charge on any atom is -0.493 e. The number of carbonyl (C=O) groups excluding carboxylic acids is 3. The van der Waals surface area contributed by atoms with Crippen LogP contribution < -0.4 is 20.1 Å². The predicted octanol–water partition coefficient (Wildman–Crippen LogP) is 5.26. The van der Waals surface area contributed by atoms with Gasteiger partial charge in [-0.25, -0.2) is 4.79 Å². The smallest absolute Gasteiger partial charge is 0.493 e. The van der Waals surface area contributed by atoms with Crippen molar-refractivity contribution in [2.45, 2.75) is 33.2 Å². The number of para-hydroxylation sites is 1. The van der Waals surface area contributed by atoms with Gasteiger partial charge in [-0.2, -0.15) is 0 Å². The first-order chi connectivity index (χ1) is 17.4. The summed E-state index contributed by atoms with van der Waals surface area (Å²) >= 11 is 0. The summed E-state index contributed by atoms with van der Waals surface area (Å²) in [4.78, 5) is 35.9. The lowest BCUT2D eigenvalue weighted by Gasteiger charge is -2.10. The molecule has 0 aliphatic rings. The summed E-state index contributed by atoms with van der Waals surface area (Å²) in [6, 6.07) is 21.2. The lowest BCUT2D eigenvalue weighted by molar-refractivity contribution is -0.121. The van der Waals surface area contributed by atoms with Gasteiger partial charge >= 0.3 is 6.16 Å². The predicted molar refractivity (Wildman–Crippen MR) is 136 cm³/mol. The van der Waals surface area contributed by atoms with Gasteiger partial charge in [-0.3, -0.25) is 9.59 Å². The molecule has 0 saturated heterocycles. The van der Waals surface area contributed by atoms with E-state index < -0.39 is 6.16 Å². The van der Waals surface area contributed by atoms with Gasteiger partial charge in [0.15, 0.2) is 0 Å². The number of anilines is 1. The van der Waals surface area contributed by atoms with E-state index in [1.54, 1.807) is 31.2 Å².